The summed E-state index contributed by atoms with van der Waals surface area (Å²) < 4.78 is 0. The van der Waals surface area contributed by atoms with Crippen LogP contribution < -0.4 is 0 Å². The van der Waals surface area contributed by atoms with Crippen LogP contribution in [0.15, 0.2) is 60.7 Å². The van der Waals surface area contributed by atoms with Crippen LogP contribution in [0, 0.1) is 14.9 Å². The Morgan fingerprint density at radius 3 is 1.54 bits per heavy atom. The van der Waals surface area contributed by atoms with E-state index < -0.39 is 6.10 Å². The molecule has 24 heavy (non-hydrogen) atoms. The zero-order chi connectivity index (χ0) is 15.5. The number of aliphatic hydroxyl groups excluding tert-OH is 1. The maximum absolute atomic E-state index is 10.8. The van der Waals surface area contributed by atoms with E-state index in [-0.39, 0.29) is 26.7 Å². The van der Waals surface area contributed by atoms with Gasteiger partial charge >= 0.3 is 30.2 Å². The normalized spacial score (nSPS) is 20.0. The summed E-state index contributed by atoms with van der Waals surface area (Å²) in [5.41, 5.74) is 4.93. The summed E-state index contributed by atoms with van der Waals surface area (Å²) in [5.74, 6) is 0.180. The van der Waals surface area contributed by atoms with Gasteiger partial charge in [-0.05, 0) is 22.3 Å². The van der Waals surface area contributed by atoms with Gasteiger partial charge in [0.15, 0.2) is 0 Å². The van der Waals surface area contributed by atoms with Gasteiger partial charge in [-0.25, -0.2) is 0 Å². The van der Waals surface area contributed by atoms with Crippen LogP contribution in [0.25, 0.3) is 12.2 Å². The van der Waals surface area contributed by atoms with Crippen LogP contribution in [0.4, 0.5) is 0 Å². The van der Waals surface area contributed by atoms with Crippen LogP contribution in [0.2, 0.25) is 0 Å². The molecule has 0 saturated heterocycles. The van der Waals surface area contributed by atoms with Crippen molar-refractivity contribution in [3.8, 4) is 0 Å². The van der Waals surface area contributed by atoms with E-state index in [2.05, 4.69) is 55.4 Å². The van der Waals surface area contributed by atoms with Gasteiger partial charge < -0.3 is 20.0 Å². The summed E-state index contributed by atoms with van der Waals surface area (Å²) in [5, 5.41) is 10.8. The van der Waals surface area contributed by atoms with Crippen molar-refractivity contribution in [2.75, 3.05) is 0 Å². The SMILES string of the molecule is OC(C1C=Cc2ccccc21)C1C=Cc2ccccc21.[CH3-].[CH3-].[Si]=[Zr+2]. The zero-order valence-electron chi connectivity index (χ0n) is 14.1. The van der Waals surface area contributed by atoms with Crippen molar-refractivity contribution in [2.24, 2.45) is 0 Å². The molecule has 1 N–H and O–H groups in total. The standard InChI is InChI=1S/C19H16O.2CH3.Si.Zr/c20-19(17-11-9-13-5-1-3-7-15(13)17)18-12-10-14-6-2-4-8-16(14)18;;;;/h1-12,17-20H;2*1H3;;/q;2*-1;;+2. The second-order valence-corrected chi connectivity index (χ2v) is 5.52. The number of hydrogen-bond donors (Lipinski definition) is 1. The second kappa shape index (κ2) is 9.46. The summed E-state index contributed by atoms with van der Waals surface area (Å²) in [7, 11) is 0. The van der Waals surface area contributed by atoms with Crippen molar-refractivity contribution in [3.63, 3.8) is 0 Å². The monoisotopic (exact) mass is 408 g/mol. The fourth-order valence-electron chi connectivity index (χ4n) is 3.37. The average molecular weight is 410 g/mol. The Bertz CT molecular complexity index is 677. The summed E-state index contributed by atoms with van der Waals surface area (Å²) in [6.45, 7) is 3.06. The summed E-state index contributed by atoms with van der Waals surface area (Å²) >= 11 is 1.36. The first-order valence-corrected chi connectivity index (χ1v) is 11.5. The Balaban J connectivity index is 0.000000695. The van der Waals surface area contributed by atoms with Crippen molar-refractivity contribution in [1.82, 2.24) is 0 Å². The van der Waals surface area contributed by atoms with Crippen LogP contribution in [0.1, 0.15) is 34.1 Å². The molecule has 3 heteroatoms. The first-order valence-electron chi connectivity index (χ1n) is 7.32. The molecule has 0 amide bonds. The number of aliphatic hydroxyl groups is 1. The van der Waals surface area contributed by atoms with Crippen molar-refractivity contribution in [3.05, 3.63) is 97.8 Å². The predicted molar refractivity (Wildman–Crippen MR) is 101 cm³/mol. The Labute approximate surface area is 162 Å². The quantitative estimate of drug-likeness (QED) is 0.572. The third-order valence-corrected chi connectivity index (χ3v) is 4.41. The number of fused-ring (bicyclic) bond motifs is 2. The Kier molecular flexibility index (Phi) is 8.29. The maximum atomic E-state index is 10.8. The molecule has 2 aromatic carbocycles. The van der Waals surface area contributed by atoms with E-state index in [1.54, 1.807) is 0 Å². The molecule has 120 valence electrons. The first-order chi connectivity index (χ1) is 10.8. The van der Waals surface area contributed by atoms with Gasteiger partial charge in [0.05, 0.1) is 6.10 Å². The van der Waals surface area contributed by atoms with Gasteiger partial charge in [0, 0.05) is 11.8 Å². The predicted octanol–water partition coefficient (Wildman–Crippen LogP) is 4.49. The van der Waals surface area contributed by atoms with E-state index in [1.165, 1.54) is 45.6 Å². The molecule has 2 aliphatic rings. The van der Waals surface area contributed by atoms with Crippen LogP contribution >= 0.6 is 0 Å². The first kappa shape index (κ1) is 21.0. The molecule has 2 aromatic rings. The Morgan fingerprint density at radius 2 is 1.12 bits per heavy atom. The van der Waals surface area contributed by atoms with Crippen molar-refractivity contribution in [1.29, 1.82) is 0 Å². The van der Waals surface area contributed by atoms with Crippen LogP contribution in [-0.2, 0) is 23.3 Å². The topological polar surface area (TPSA) is 20.2 Å². The summed E-state index contributed by atoms with van der Waals surface area (Å²) in [6, 6.07) is 16.6. The third kappa shape index (κ3) is 3.79. The summed E-state index contributed by atoms with van der Waals surface area (Å²) in [6.07, 6.45) is 8.09. The molecule has 0 aliphatic heterocycles. The van der Waals surface area contributed by atoms with Gasteiger partial charge in [-0.15, -0.1) is 0 Å². The third-order valence-electron chi connectivity index (χ3n) is 4.41. The van der Waals surface area contributed by atoms with Crippen molar-refractivity contribution in [2.45, 2.75) is 17.9 Å². The molecule has 0 bridgehead atoms. The van der Waals surface area contributed by atoms with Gasteiger partial charge in [0.2, 0.25) is 0 Å². The molecule has 1 nitrogen and oxygen atoms in total. The van der Waals surface area contributed by atoms with E-state index in [0.717, 1.165) is 0 Å². The summed E-state index contributed by atoms with van der Waals surface area (Å²) in [4.78, 5) is 0. The van der Waals surface area contributed by atoms with Gasteiger partial charge in [-0.2, -0.15) is 0 Å². The molecule has 2 aliphatic carbocycles. The molecule has 0 spiro atoms. The molecule has 0 heterocycles. The number of benzene rings is 2. The molecule has 4 rings (SSSR count). The van der Waals surface area contributed by atoms with Crippen molar-refractivity contribution >= 4 is 19.0 Å². The molecule has 2 unspecified atom stereocenters. The minimum absolute atomic E-state index is 0. The van der Waals surface area contributed by atoms with Gasteiger partial charge in [0.1, 0.15) is 0 Å². The fraction of sp³-hybridized carbons (Fsp3) is 0.143. The molecule has 0 fully saturated rings. The van der Waals surface area contributed by atoms with E-state index >= 15 is 0 Å². The molecular formula is C21H22OSiZr. The molecule has 0 saturated carbocycles. The fourth-order valence-corrected chi connectivity index (χ4v) is 3.37. The molecule has 2 radical (unpaired) electrons. The van der Waals surface area contributed by atoms with Gasteiger partial charge in [-0.1, -0.05) is 72.8 Å². The van der Waals surface area contributed by atoms with Crippen LogP contribution in [0.5, 0.6) is 0 Å². The van der Waals surface area contributed by atoms with E-state index in [0.29, 0.717) is 0 Å². The molecule has 0 aromatic heterocycles. The molecular weight excluding hydrogens is 388 g/mol. The minimum atomic E-state index is -0.408. The number of hydrogen-bond acceptors (Lipinski definition) is 1. The van der Waals surface area contributed by atoms with E-state index in [9.17, 15) is 5.11 Å². The van der Waals surface area contributed by atoms with Gasteiger partial charge in [0.25, 0.3) is 0 Å². The van der Waals surface area contributed by atoms with Gasteiger partial charge in [-0.3, -0.25) is 0 Å². The van der Waals surface area contributed by atoms with E-state index in [1.807, 2.05) is 24.3 Å². The Morgan fingerprint density at radius 1 is 0.750 bits per heavy atom. The average Bonchev–Trinajstić information content (AvgIpc) is 3.20. The second-order valence-electron chi connectivity index (χ2n) is 5.52. The zero-order valence-corrected chi connectivity index (χ0v) is 17.6. The Hall–Kier alpha value is -1.02. The number of rotatable bonds is 2. The molecule has 2 atom stereocenters. The van der Waals surface area contributed by atoms with Crippen LogP contribution in [-0.4, -0.2) is 18.1 Å². The van der Waals surface area contributed by atoms with Crippen molar-refractivity contribution < 1.29 is 28.4 Å². The van der Waals surface area contributed by atoms with E-state index in [4.69, 9.17) is 0 Å². The van der Waals surface area contributed by atoms with Crippen LogP contribution in [0.3, 0.4) is 0 Å².